The molecule has 2 saturated heterocycles. The average molecular weight is 549 g/mol. The summed E-state index contributed by atoms with van der Waals surface area (Å²) in [7, 11) is 0. The summed E-state index contributed by atoms with van der Waals surface area (Å²) in [5.74, 6) is 0.110. The number of para-hydroxylation sites is 1. The first-order valence-corrected chi connectivity index (χ1v) is 15.1. The maximum Gasteiger partial charge on any atom is 0.322 e. The maximum atomic E-state index is 13.5. The summed E-state index contributed by atoms with van der Waals surface area (Å²) in [5, 5.41) is 2.63. The Bertz CT molecular complexity index is 1190. The quantitative estimate of drug-likeness (QED) is 0.515. The number of thioether (sulfide) groups is 1. The molecule has 39 heavy (non-hydrogen) atoms. The lowest BCUT2D eigenvalue weighted by molar-refractivity contribution is -0.137. The molecule has 0 aliphatic carbocycles. The van der Waals surface area contributed by atoms with Gasteiger partial charge in [-0.1, -0.05) is 69.3 Å². The normalized spacial score (nSPS) is 22.5. The lowest BCUT2D eigenvalue weighted by atomic mass is 9.92. The van der Waals surface area contributed by atoms with Crippen molar-refractivity contribution >= 4 is 35.3 Å². The number of piperidine rings is 1. The van der Waals surface area contributed by atoms with Gasteiger partial charge in [0, 0.05) is 44.3 Å². The van der Waals surface area contributed by atoms with E-state index in [4.69, 9.17) is 0 Å². The maximum absolute atomic E-state index is 13.5. The SMILES string of the molecule is CC(C)(C)CCN1C(=O)C(CC(=O)N2CCC(N3CCc4ccccc4NC3=O)CC2)SC1c1ccccc1. The lowest BCUT2D eigenvalue weighted by Crippen LogP contribution is -2.50. The smallest absolute Gasteiger partial charge is 0.322 e. The summed E-state index contributed by atoms with van der Waals surface area (Å²) in [4.78, 5) is 45.6. The third kappa shape index (κ3) is 6.43. The molecule has 3 heterocycles. The molecule has 0 spiro atoms. The van der Waals surface area contributed by atoms with E-state index in [1.54, 1.807) is 11.8 Å². The van der Waals surface area contributed by atoms with Gasteiger partial charge in [0.2, 0.25) is 11.8 Å². The van der Waals surface area contributed by atoms with Crippen LogP contribution in [0.4, 0.5) is 10.5 Å². The van der Waals surface area contributed by atoms with Crippen molar-refractivity contribution in [2.45, 2.75) is 69.5 Å². The molecule has 3 aliphatic rings. The minimum atomic E-state index is -0.365. The monoisotopic (exact) mass is 548 g/mol. The highest BCUT2D eigenvalue weighted by molar-refractivity contribution is 8.01. The molecule has 208 valence electrons. The summed E-state index contributed by atoms with van der Waals surface area (Å²) in [6.07, 6.45) is 3.47. The molecular weight excluding hydrogens is 508 g/mol. The van der Waals surface area contributed by atoms with Gasteiger partial charge in [-0.2, -0.15) is 0 Å². The first kappa shape index (κ1) is 27.6. The number of carbonyl (C=O) groups is 3. The Labute approximate surface area is 236 Å². The number of hydrogen-bond donors (Lipinski definition) is 1. The van der Waals surface area contributed by atoms with Crippen LogP contribution in [0.5, 0.6) is 0 Å². The van der Waals surface area contributed by atoms with E-state index in [1.807, 2.05) is 51.1 Å². The van der Waals surface area contributed by atoms with Crippen molar-refractivity contribution in [3.63, 3.8) is 0 Å². The van der Waals surface area contributed by atoms with Gasteiger partial charge in [0.15, 0.2) is 0 Å². The number of rotatable bonds is 6. The van der Waals surface area contributed by atoms with E-state index in [9.17, 15) is 14.4 Å². The molecule has 2 unspecified atom stereocenters. The number of carbonyl (C=O) groups excluding carboxylic acids is 3. The van der Waals surface area contributed by atoms with Crippen LogP contribution in [0.3, 0.4) is 0 Å². The minimum absolute atomic E-state index is 0.0384. The second-order valence-electron chi connectivity index (χ2n) is 12.1. The summed E-state index contributed by atoms with van der Waals surface area (Å²) in [6, 6.07) is 18.2. The Morgan fingerprint density at radius 3 is 2.38 bits per heavy atom. The molecule has 2 fully saturated rings. The Kier molecular flexibility index (Phi) is 8.21. The van der Waals surface area contributed by atoms with Crippen molar-refractivity contribution in [3.8, 4) is 0 Å². The second kappa shape index (κ2) is 11.6. The fourth-order valence-corrected chi connectivity index (χ4v) is 7.21. The summed E-state index contributed by atoms with van der Waals surface area (Å²) in [5.41, 5.74) is 3.28. The van der Waals surface area contributed by atoms with Crippen LogP contribution in [0, 0.1) is 5.41 Å². The van der Waals surface area contributed by atoms with Crippen LogP contribution >= 0.6 is 11.8 Å². The summed E-state index contributed by atoms with van der Waals surface area (Å²) < 4.78 is 0. The van der Waals surface area contributed by atoms with Crippen molar-refractivity contribution in [2.24, 2.45) is 5.41 Å². The first-order valence-electron chi connectivity index (χ1n) is 14.1. The molecule has 0 saturated carbocycles. The molecule has 0 bridgehead atoms. The predicted octanol–water partition coefficient (Wildman–Crippen LogP) is 5.54. The van der Waals surface area contributed by atoms with Crippen molar-refractivity contribution in [1.82, 2.24) is 14.7 Å². The summed E-state index contributed by atoms with van der Waals surface area (Å²) >= 11 is 1.61. The highest BCUT2D eigenvalue weighted by Crippen LogP contribution is 2.45. The lowest BCUT2D eigenvalue weighted by Gasteiger charge is -2.38. The fraction of sp³-hybridized carbons (Fsp3) is 0.516. The van der Waals surface area contributed by atoms with Crippen LogP contribution in [-0.2, 0) is 16.0 Å². The number of fused-ring (bicyclic) bond motifs is 1. The van der Waals surface area contributed by atoms with Crippen LogP contribution in [0.25, 0.3) is 0 Å². The molecule has 2 atom stereocenters. The van der Waals surface area contributed by atoms with Gasteiger partial charge in [0.05, 0.1) is 5.25 Å². The van der Waals surface area contributed by atoms with Gasteiger partial charge in [0.1, 0.15) is 5.37 Å². The van der Waals surface area contributed by atoms with Gasteiger partial charge in [-0.15, -0.1) is 11.8 Å². The van der Waals surface area contributed by atoms with E-state index in [0.29, 0.717) is 26.2 Å². The van der Waals surface area contributed by atoms with Gasteiger partial charge in [-0.3, -0.25) is 9.59 Å². The van der Waals surface area contributed by atoms with Crippen molar-refractivity contribution in [1.29, 1.82) is 0 Å². The molecular formula is C31H40N4O3S. The summed E-state index contributed by atoms with van der Waals surface area (Å²) in [6.45, 7) is 9.17. The number of urea groups is 1. The van der Waals surface area contributed by atoms with Crippen LogP contribution in [-0.4, -0.2) is 70.0 Å². The van der Waals surface area contributed by atoms with Gasteiger partial charge in [-0.25, -0.2) is 4.79 Å². The topological polar surface area (TPSA) is 73.0 Å². The van der Waals surface area contributed by atoms with E-state index in [-0.39, 0.29) is 46.3 Å². The molecule has 4 amide bonds. The van der Waals surface area contributed by atoms with E-state index >= 15 is 0 Å². The zero-order valence-electron chi connectivity index (χ0n) is 23.3. The molecule has 2 aromatic carbocycles. The second-order valence-corrected chi connectivity index (χ2v) is 13.4. The first-order chi connectivity index (χ1) is 18.7. The predicted molar refractivity (Wildman–Crippen MR) is 156 cm³/mol. The van der Waals surface area contributed by atoms with Gasteiger partial charge in [-0.05, 0) is 48.3 Å². The fourth-order valence-electron chi connectivity index (χ4n) is 5.74. The Balaban J connectivity index is 1.18. The van der Waals surface area contributed by atoms with Gasteiger partial charge >= 0.3 is 6.03 Å². The Morgan fingerprint density at radius 2 is 1.67 bits per heavy atom. The van der Waals surface area contributed by atoms with Crippen LogP contribution in [0.15, 0.2) is 54.6 Å². The van der Waals surface area contributed by atoms with Gasteiger partial charge < -0.3 is 20.0 Å². The number of nitrogens with one attached hydrogen (secondary N) is 1. The van der Waals surface area contributed by atoms with E-state index < -0.39 is 0 Å². The number of benzene rings is 2. The molecule has 5 rings (SSSR count). The molecule has 3 aliphatic heterocycles. The van der Waals surface area contributed by atoms with Crippen molar-refractivity contribution in [2.75, 3.05) is 31.5 Å². The third-order valence-electron chi connectivity index (χ3n) is 8.08. The highest BCUT2D eigenvalue weighted by atomic mass is 32.2. The number of hydrogen-bond acceptors (Lipinski definition) is 4. The van der Waals surface area contributed by atoms with Crippen molar-refractivity contribution < 1.29 is 14.4 Å². The van der Waals surface area contributed by atoms with Crippen LogP contribution in [0.1, 0.15) is 63.0 Å². The minimum Gasteiger partial charge on any atom is -0.342 e. The zero-order valence-corrected chi connectivity index (χ0v) is 24.1. The molecule has 2 aromatic rings. The molecule has 1 N–H and O–H groups in total. The van der Waals surface area contributed by atoms with Gasteiger partial charge in [0.25, 0.3) is 0 Å². The van der Waals surface area contributed by atoms with E-state index in [2.05, 4.69) is 44.3 Å². The number of amides is 4. The Hall–Kier alpha value is -3.00. The van der Waals surface area contributed by atoms with E-state index in [0.717, 1.165) is 42.5 Å². The Morgan fingerprint density at radius 1 is 0.974 bits per heavy atom. The average Bonchev–Trinajstić information content (AvgIpc) is 3.12. The van der Waals surface area contributed by atoms with E-state index in [1.165, 1.54) is 0 Å². The zero-order chi connectivity index (χ0) is 27.6. The van der Waals surface area contributed by atoms with Crippen LogP contribution < -0.4 is 5.32 Å². The number of nitrogens with zero attached hydrogens (tertiary/aromatic N) is 3. The van der Waals surface area contributed by atoms with Crippen molar-refractivity contribution in [3.05, 3.63) is 65.7 Å². The molecule has 8 heteroatoms. The number of anilines is 1. The standard InChI is InChI=1S/C31H40N4O3S/c1-31(2,3)16-20-35-28(37)26(39-29(35)23-10-5-4-6-11-23)21-27(36)33-17-14-24(15-18-33)34-19-13-22-9-7-8-12-25(22)32-30(34)38/h4-12,24,26,29H,13-21H2,1-3H3,(H,32,38). The molecule has 0 radical (unpaired) electrons. The molecule has 0 aromatic heterocycles. The largest absolute Gasteiger partial charge is 0.342 e. The highest BCUT2D eigenvalue weighted by Gasteiger charge is 2.43. The third-order valence-corrected chi connectivity index (χ3v) is 9.56. The van der Waals surface area contributed by atoms with Crippen LogP contribution in [0.2, 0.25) is 0 Å². The molecule has 7 nitrogen and oxygen atoms in total. The number of likely N-dealkylation sites (tertiary alicyclic amines) is 1.